The monoisotopic (exact) mass is 300 g/mol. The molecule has 2 amide bonds. The number of carbonyl (C=O) groups is 2. The van der Waals surface area contributed by atoms with Crippen LogP contribution in [-0.2, 0) is 9.59 Å². The van der Waals surface area contributed by atoms with Crippen molar-refractivity contribution in [1.82, 2.24) is 5.32 Å². The molecule has 0 radical (unpaired) electrons. The lowest BCUT2D eigenvalue weighted by Gasteiger charge is -2.18. The molecule has 0 bridgehead atoms. The van der Waals surface area contributed by atoms with Crippen molar-refractivity contribution in [2.75, 3.05) is 11.4 Å². The largest absolute Gasteiger partial charge is 0.354 e. The number of hydrogen-bond acceptors (Lipinski definition) is 2. The van der Waals surface area contributed by atoms with Crippen LogP contribution in [0.1, 0.15) is 20.3 Å². The van der Waals surface area contributed by atoms with Gasteiger partial charge in [0.05, 0.1) is 11.6 Å². The highest BCUT2D eigenvalue weighted by Gasteiger charge is 2.37. The third-order valence-corrected chi connectivity index (χ3v) is 3.23. The summed E-state index contributed by atoms with van der Waals surface area (Å²) in [6.07, 6.45) is -0.0863. The van der Waals surface area contributed by atoms with Crippen molar-refractivity contribution >= 4 is 17.5 Å². The first-order valence-electron chi connectivity index (χ1n) is 6.55. The average Bonchev–Trinajstić information content (AvgIpc) is 2.78. The van der Waals surface area contributed by atoms with Crippen molar-refractivity contribution in [3.63, 3.8) is 0 Å². The van der Waals surface area contributed by atoms with Crippen LogP contribution in [0.4, 0.5) is 18.9 Å². The number of amides is 2. The first-order valence-corrected chi connectivity index (χ1v) is 6.55. The van der Waals surface area contributed by atoms with Crippen LogP contribution in [0.15, 0.2) is 12.1 Å². The van der Waals surface area contributed by atoms with Crippen LogP contribution in [0.25, 0.3) is 0 Å². The van der Waals surface area contributed by atoms with Crippen molar-refractivity contribution < 1.29 is 22.8 Å². The highest BCUT2D eigenvalue weighted by atomic mass is 19.2. The Morgan fingerprint density at radius 3 is 2.57 bits per heavy atom. The summed E-state index contributed by atoms with van der Waals surface area (Å²) in [4.78, 5) is 24.7. The van der Waals surface area contributed by atoms with E-state index in [0.29, 0.717) is 0 Å². The summed E-state index contributed by atoms with van der Waals surface area (Å²) in [5.74, 6) is -5.82. The Kier molecular flexibility index (Phi) is 4.20. The van der Waals surface area contributed by atoms with Crippen LogP contribution >= 0.6 is 0 Å². The van der Waals surface area contributed by atoms with Gasteiger partial charge in [-0.15, -0.1) is 0 Å². The molecule has 0 aromatic heterocycles. The maximum Gasteiger partial charge on any atom is 0.227 e. The third-order valence-electron chi connectivity index (χ3n) is 3.23. The Morgan fingerprint density at radius 1 is 1.29 bits per heavy atom. The molecule has 1 unspecified atom stereocenters. The fourth-order valence-corrected chi connectivity index (χ4v) is 2.24. The second kappa shape index (κ2) is 5.75. The number of carbonyl (C=O) groups excluding carboxylic acids is 2. The van der Waals surface area contributed by atoms with Gasteiger partial charge >= 0.3 is 0 Å². The molecule has 0 spiro atoms. The predicted octanol–water partition coefficient (Wildman–Crippen LogP) is 1.98. The topological polar surface area (TPSA) is 49.4 Å². The van der Waals surface area contributed by atoms with Gasteiger partial charge in [-0.25, -0.2) is 13.2 Å². The minimum atomic E-state index is -1.63. The van der Waals surface area contributed by atoms with Crippen LogP contribution in [-0.4, -0.2) is 24.4 Å². The summed E-state index contributed by atoms with van der Waals surface area (Å²) >= 11 is 0. The molecule has 1 aliphatic rings. The van der Waals surface area contributed by atoms with Gasteiger partial charge in [0.1, 0.15) is 0 Å². The third kappa shape index (κ3) is 3.01. The molecule has 2 rings (SSSR count). The van der Waals surface area contributed by atoms with E-state index < -0.39 is 29.3 Å². The second-order valence-corrected chi connectivity index (χ2v) is 5.26. The van der Waals surface area contributed by atoms with Crippen LogP contribution < -0.4 is 10.2 Å². The predicted molar refractivity (Wildman–Crippen MR) is 70.1 cm³/mol. The van der Waals surface area contributed by atoms with Gasteiger partial charge in [0.15, 0.2) is 17.5 Å². The normalized spacial score (nSPS) is 18.5. The Bertz CT molecular complexity index is 590. The fourth-order valence-electron chi connectivity index (χ4n) is 2.24. The Balaban J connectivity index is 2.21. The molecular weight excluding hydrogens is 285 g/mol. The molecule has 1 heterocycles. The molecule has 114 valence electrons. The smallest absolute Gasteiger partial charge is 0.227 e. The van der Waals surface area contributed by atoms with Gasteiger partial charge in [-0.3, -0.25) is 9.59 Å². The van der Waals surface area contributed by atoms with E-state index in [2.05, 4.69) is 5.32 Å². The van der Waals surface area contributed by atoms with Crippen molar-refractivity contribution in [2.24, 2.45) is 5.92 Å². The van der Waals surface area contributed by atoms with E-state index in [1.54, 1.807) is 13.8 Å². The summed E-state index contributed by atoms with van der Waals surface area (Å²) < 4.78 is 39.9. The summed E-state index contributed by atoms with van der Waals surface area (Å²) in [6.45, 7) is 3.50. The number of benzene rings is 1. The van der Waals surface area contributed by atoms with E-state index in [-0.39, 0.29) is 30.6 Å². The zero-order valence-corrected chi connectivity index (χ0v) is 11.6. The zero-order chi connectivity index (χ0) is 15.7. The first kappa shape index (κ1) is 15.3. The van der Waals surface area contributed by atoms with Gasteiger partial charge in [0, 0.05) is 19.0 Å². The van der Waals surface area contributed by atoms with E-state index in [9.17, 15) is 22.8 Å². The standard InChI is InChI=1S/C14H15F3N2O2/c1-7(2)18-14(21)8-5-11(20)19(6-8)10-4-3-9(15)12(16)13(10)17/h3-4,7-8H,5-6H2,1-2H3,(H,18,21). The minimum Gasteiger partial charge on any atom is -0.354 e. The molecule has 1 aromatic carbocycles. The molecule has 1 N–H and O–H groups in total. The van der Waals surface area contributed by atoms with Crippen molar-refractivity contribution in [3.8, 4) is 0 Å². The van der Waals surface area contributed by atoms with Crippen molar-refractivity contribution in [3.05, 3.63) is 29.6 Å². The lowest BCUT2D eigenvalue weighted by atomic mass is 10.1. The molecule has 1 aliphatic heterocycles. The minimum absolute atomic E-state index is 0.0562. The number of halogens is 3. The van der Waals surface area contributed by atoms with Gasteiger partial charge in [0.2, 0.25) is 11.8 Å². The molecule has 0 saturated carbocycles. The van der Waals surface area contributed by atoms with Crippen LogP contribution in [0, 0.1) is 23.4 Å². The molecular formula is C14H15F3N2O2. The maximum absolute atomic E-state index is 13.7. The summed E-state index contributed by atoms with van der Waals surface area (Å²) in [5, 5.41) is 2.67. The van der Waals surface area contributed by atoms with E-state index in [1.807, 2.05) is 0 Å². The molecule has 21 heavy (non-hydrogen) atoms. The zero-order valence-electron chi connectivity index (χ0n) is 11.6. The van der Waals surface area contributed by atoms with Gasteiger partial charge in [-0.1, -0.05) is 0 Å². The summed E-state index contributed by atoms with van der Waals surface area (Å²) in [5.41, 5.74) is -0.348. The lowest BCUT2D eigenvalue weighted by Crippen LogP contribution is -2.37. The number of rotatable bonds is 3. The molecule has 7 heteroatoms. The molecule has 4 nitrogen and oxygen atoms in total. The first-order chi connectivity index (χ1) is 9.81. The second-order valence-electron chi connectivity index (χ2n) is 5.26. The van der Waals surface area contributed by atoms with Gasteiger partial charge in [-0.2, -0.15) is 0 Å². The quantitative estimate of drug-likeness (QED) is 0.868. The number of nitrogens with zero attached hydrogens (tertiary/aromatic N) is 1. The number of nitrogens with one attached hydrogen (secondary N) is 1. The van der Waals surface area contributed by atoms with Crippen LogP contribution in [0.3, 0.4) is 0 Å². The van der Waals surface area contributed by atoms with Gasteiger partial charge < -0.3 is 10.2 Å². The number of anilines is 1. The van der Waals surface area contributed by atoms with E-state index in [0.717, 1.165) is 17.0 Å². The van der Waals surface area contributed by atoms with Gasteiger partial charge in [-0.05, 0) is 26.0 Å². The SMILES string of the molecule is CC(C)NC(=O)C1CC(=O)N(c2ccc(F)c(F)c2F)C1. The Labute approximate surface area is 119 Å². The van der Waals surface area contributed by atoms with Gasteiger partial charge in [0.25, 0.3) is 0 Å². The van der Waals surface area contributed by atoms with Crippen LogP contribution in [0.5, 0.6) is 0 Å². The molecule has 1 atom stereocenters. The van der Waals surface area contributed by atoms with E-state index in [4.69, 9.17) is 0 Å². The highest BCUT2D eigenvalue weighted by molar-refractivity contribution is 6.00. The van der Waals surface area contributed by atoms with Crippen LogP contribution in [0.2, 0.25) is 0 Å². The maximum atomic E-state index is 13.7. The molecule has 1 fully saturated rings. The summed E-state index contributed by atoms with van der Waals surface area (Å²) in [6, 6.07) is 1.67. The Morgan fingerprint density at radius 2 is 1.95 bits per heavy atom. The van der Waals surface area contributed by atoms with E-state index in [1.165, 1.54) is 0 Å². The lowest BCUT2D eigenvalue weighted by molar-refractivity contribution is -0.126. The average molecular weight is 300 g/mol. The number of hydrogen-bond donors (Lipinski definition) is 1. The van der Waals surface area contributed by atoms with E-state index >= 15 is 0 Å². The molecule has 0 aliphatic carbocycles. The molecule has 1 aromatic rings. The van der Waals surface area contributed by atoms with Crippen molar-refractivity contribution in [2.45, 2.75) is 26.3 Å². The summed E-state index contributed by atoms with van der Waals surface area (Å²) in [7, 11) is 0. The Hall–Kier alpha value is -2.05. The highest BCUT2D eigenvalue weighted by Crippen LogP contribution is 2.29. The van der Waals surface area contributed by atoms with Crippen molar-refractivity contribution in [1.29, 1.82) is 0 Å². The molecule has 1 saturated heterocycles. The fraction of sp³-hybridized carbons (Fsp3) is 0.429.